The first-order valence-corrected chi connectivity index (χ1v) is 11.5. The highest BCUT2D eigenvalue weighted by Crippen LogP contribution is 2.49. The van der Waals surface area contributed by atoms with Gasteiger partial charge in [-0.05, 0) is 57.4 Å². The summed E-state index contributed by atoms with van der Waals surface area (Å²) in [5.74, 6) is 0.164. The molecule has 0 saturated heterocycles. The average Bonchev–Trinajstić information content (AvgIpc) is 3.60. The number of aromatic nitrogens is 3. The topological polar surface area (TPSA) is 96.9 Å². The number of Topliss-reactive ketones (excluding diaryl/α,β-unsaturated/α-hetero) is 1. The van der Waals surface area contributed by atoms with Gasteiger partial charge < -0.3 is 10.6 Å². The van der Waals surface area contributed by atoms with E-state index in [1.165, 1.54) is 24.7 Å². The van der Waals surface area contributed by atoms with Crippen LogP contribution in [0.25, 0.3) is 0 Å². The zero-order valence-corrected chi connectivity index (χ0v) is 20.2. The van der Waals surface area contributed by atoms with Crippen LogP contribution in [0.2, 0.25) is 0 Å². The second-order valence-corrected chi connectivity index (χ2v) is 9.24. The Morgan fingerprint density at radius 2 is 1.69 bits per heavy atom. The summed E-state index contributed by atoms with van der Waals surface area (Å²) >= 11 is 0. The molecule has 10 heteroatoms. The van der Waals surface area contributed by atoms with Gasteiger partial charge in [-0.25, -0.2) is 9.97 Å². The van der Waals surface area contributed by atoms with Gasteiger partial charge in [-0.2, -0.15) is 13.2 Å². The number of ketones is 1. The molecule has 188 valence electrons. The molecule has 2 aromatic heterocycles. The number of benzene rings is 1. The highest BCUT2D eigenvalue weighted by Gasteiger charge is 2.51. The summed E-state index contributed by atoms with van der Waals surface area (Å²) < 4.78 is 40.3. The van der Waals surface area contributed by atoms with Crippen LogP contribution < -0.4 is 10.6 Å². The van der Waals surface area contributed by atoms with Crippen molar-refractivity contribution in [3.8, 4) is 0 Å². The van der Waals surface area contributed by atoms with Crippen LogP contribution >= 0.6 is 0 Å². The number of halogens is 3. The van der Waals surface area contributed by atoms with Crippen molar-refractivity contribution in [2.75, 3.05) is 5.32 Å². The average molecular weight is 498 g/mol. The Hall–Kier alpha value is -3.82. The maximum atomic E-state index is 13.4. The van der Waals surface area contributed by atoms with E-state index in [2.05, 4.69) is 25.6 Å². The van der Waals surface area contributed by atoms with Gasteiger partial charge in [0.1, 0.15) is 5.82 Å². The molecular formula is C26H26F3N5O2. The van der Waals surface area contributed by atoms with Gasteiger partial charge in [0.2, 0.25) is 5.91 Å². The van der Waals surface area contributed by atoms with Crippen molar-refractivity contribution in [2.24, 2.45) is 5.41 Å². The number of hydrogen-bond donors (Lipinski definition) is 2. The molecule has 3 aromatic rings. The number of nitrogens with zero attached hydrogens (tertiary/aromatic N) is 3. The molecule has 1 aromatic carbocycles. The van der Waals surface area contributed by atoms with E-state index in [0.717, 1.165) is 6.07 Å². The number of hydrogen-bond acceptors (Lipinski definition) is 6. The Kier molecular flexibility index (Phi) is 6.79. The maximum Gasteiger partial charge on any atom is 0.418 e. The molecule has 1 aliphatic rings. The van der Waals surface area contributed by atoms with Crippen LogP contribution in [0.1, 0.15) is 57.8 Å². The van der Waals surface area contributed by atoms with E-state index < -0.39 is 17.2 Å². The second kappa shape index (κ2) is 9.67. The Balaban J connectivity index is 1.39. The van der Waals surface area contributed by atoms with E-state index in [-0.39, 0.29) is 30.3 Å². The molecule has 1 fully saturated rings. The predicted molar refractivity (Wildman–Crippen MR) is 128 cm³/mol. The summed E-state index contributed by atoms with van der Waals surface area (Å²) in [6.45, 7) is 5.25. The lowest BCUT2D eigenvalue weighted by atomic mass is 9.95. The summed E-state index contributed by atoms with van der Waals surface area (Å²) in [5, 5.41) is 5.66. The molecule has 1 saturated carbocycles. The number of pyridine rings is 1. The Labute approximate surface area is 206 Å². The number of aryl methyl sites for hydroxylation is 3. The van der Waals surface area contributed by atoms with Crippen LogP contribution in [0.5, 0.6) is 0 Å². The molecule has 1 aliphatic carbocycles. The third-order valence-corrected chi connectivity index (χ3v) is 6.30. The first-order valence-electron chi connectivity index (χ1n) is 11.5. The Morgan fingerprint density at radius 3 is 2.31 bits per heavy atom. The molecule has 4 rings (SSSR count). The van der Waals surface area contributed by atoms with Crippen LogP contribution in [-0.2, 0) is 17.5 Å². The number of nitrogens with one attached hydrogen (secondary N) is 2. The van der Waals surface area contributed by atoms with Gasteiger partial charge in [0.15, 0.2) is 5.78 Å². The minimum Gasteiger partial charge on any atom is -0.354 e. The lowest BCUT2D eigenvalue weighted by molar-refractivity contribution is -0.137. The lowest BCUT2D eigenvalue weighted by Crippen LogP contribution is -2.33. The van der Waals surface area contributed by atoms with Gasteiger partial charge in [-0.15, -0.1) is 0 Å². The SMILES string of the molecule is Cc1ccc(Nc2cnc(CNC(=O)C3(CC(=O)c4cnc(C)nc4)CC3)c(C)c2)c(C(F)(F)F)c1. The van der Waals surface area contributed by atoms with Crippen molar-refractivity contribution in [2.45, 2.75) is 52.8 Å². The number of amides is 1. The molecule has 36 heavy (non-hydrogen) atoms. The van der Waals surface area contributed by atoms with E-state index >= 15 is 0 Å². The van der Waals surface area contributed by atoms with E-state index in [1.54, 1.807) is 32.9 Å². The summed E-state index contributed by atoms with van der Waals surface area (Å²) in [7, 11) is 0. The predicted octanol–water partition coefficient (Wildman–Crippen LogP) is 5.23. The molecule has 0 unspecified atom stereocenters. The van der Waals surface area contributed by atoms with Gasteiger partial charge in [-0.1, -0.05) is 11.6 Å². The minimum atomic E-state index is -4.49. The molecule has 0 spiro atoms. The van der Waals surface area contributed by atoms with E-state index in [0.29, 0.717) is 46.7 Å². The maximum absolute atomic E-state index is 13.4. The van der Waals surface area contributed by atoms with Crippen molar-refractivity contribution in [1.82, 2.24) is 20.3 Å². The molecular weight excluding hydrogens is 471 g/mol. The van der Waals surface area contributed by atoms with E-state index in [9.17, 15) is 22.8 Å². The van der Waals surface area contributed by atoms with Crippen LogP contribution in [0.15, 0.2) is 42.9 Å². The Morgan fingerprint density at radius 1 is 1.00 bits per heavy atom. The molecule has 0 bridgehead atoms. The fourth-order valence-corrected chi connectivity index (χ4v) is 3.95. The largest absolute Gasteiger partial charge is 0.418 e. The lowest BCUT2D eigenvalue weighted by Gasteiger charge is -2.17. The number of carbonyl (C=O) groups excluding carboxylic acids is 2. The molecule has 1 amide bonds. The quantitative estimate of drug-likeness (QED) is 0.414. The summed E-state index contributed by atoms with van der Waals surface area (Å²) in [6, 6.07) is 5.77. The summed E-state index contributed by atoms with van der Waals surface area (Å²) in [5.41, 5.74) is 1.03. The fourth-order valence-electron chi connectivity index (χ4n) is 3.95. The molecule has 2 heterocycles. The third kappa shape index (κ3) is 5.69. The van der Waals surface area contributed by atoms with Crippen molar-refractivity contribution in [1.29, 1.82) is 0 Å². The van der Waals surface area contributed by atoms with Gasteiger partial charge in [0.05, 0.1) is 46.4 Å². The van der Waals surface area contributed by atoms with Crippen molar-refractivity contribution in [3.63, 3.8) is 0 Å². The van der Waals surface area contributed by atoms with Gasteiger partial charge >= 0.3 is 6.18 Å². The monoisotopic (exact) mass is 497 g/mol. The summed E-state index contributed by atoms with van der Waals surface area (Å²) in [6.07, 6.45) is 1.19. The van der Waals surface area contributed by atoms with Crippen molar-refractivity contribution in [3.05, 3.63) is 76.6 Å². The molecule has 2 N–H and O–H groups in total. The molecule has 0 radical (unpaired) electrons. The van der Waals surface area contributed by atoms with Crippen molar-refractivity contribution >= 4 is 23.1 Å². The van der Waals surface area contributed by atoms with Crippen molar-refractivity contribution < 1.29 is 22.8 Å². The van der Waals surface area contributed by atoms with Crippen LogP contribution in [-0.4, -0.2) is 26.6 Å². The zero-order chi connectivity index (χ0) is 26.1. The first kappa shape index (κ1) is 25.3. The third-order valence-electron chi connectivity index (χ3n) is 6.30. The first-order chi connectivity index (χ1) is 17.0. The van der Waals surface area contributed by atoms with Gasteiger partial charge in [0.25, 0.3) is 0 Å². The van der Waals surface area contributed by atoms with Crippen LogP contribution in [0.3, 0.4) is 0 Å². The molecule has 0 atom stereocenters. The molecule has 7 nitrogen and oxygen atoms in total. The fraction of sp³-hybridized carbons (Fsp3) is 0.346. The standard InChI is InChI=1S/C26H26F3N5O2/c1-15-4-5-21(20(8-15)26(27,28)29)34-19-9-16(2)22(32-13-19)14-33-24(36)25(6-7-25)10-23(35)18-11-30-17(3)31-12-18/h4-5,8-9,11-13,34H,6-7,10,14H2,1-3H3,(H,33,36). The van der Waals surface area contributed by atoms with Gasteiger partial charge in [-0.3, -0.25) is 14.6 Å². The van der Waals surface area contributed by atoms with E-state index in [4.69, 9.17) is 0 Å². The van der Waals surface area contributed by atoms with Gasteiger partial charge in [0, 0.05) is 18.8 Å². The smallest absolute Gasteiger partial charge is 0.354 e. The highest BCUT2D eigenvalue weighted by molar-refractivity contribution is 6.00. The Bertz CT molecular complexity index is 1300. The zero-order valence-electron chi connectivity index (χ0n) is 20.2. The number of anilines is 2. The highest BCUT2D eigenvalue weighted by atomic mass is 19.4. The van der Waals surface area contributed by atoms with Crippen LogP contribution in [0, 0.1) is 26.2 Å². The number of carbonyl (C=O) groups is 2. The summed E-state index contributed by atoms with van der Waals surface area (Å²) in [4.78, 5) is 37.8. The van der Waals surface area contributed by atoms with Crippen LogP contribution in [0.4, 0.5) is 24.5 Å². The minimum absolute atomic E-state index is 0.0605. The second-order valence-electron chi connectivity index (χ2n) is 9.24. The van der Waals surface area contributed by atoms with E-state index in [1.807, 2.05) is 0 Å². The molecule has 0 aliphatic heterocycles. The number of rotatable bonds is 8. The number of alkyl halides is 3. The normalized spacial score (nSPS) is 14.3.